The minimum Gasteiger partial charge on any atom is -0.322 e. The van der Waals surface area contributed by atoms with Crippen LogP contribution in [0.2, 0.25) is 0 Å². The number of nitrogens with one attached hydrogen (secondary N) is 2. The Bertz CT molecular complexity index is 1060. The van der Waals surface area contributed by atoms with Crippen LogP contribution in [0.1, 0.15) is 34.8 Å². The van der Waals surface area contributed by atoms with Crippen LogP contribution in [0.25, 0.3) is 5.70 Å². The molecule has 0 aromatic heterocycles. The number of benzene rings is 2. The maximum Gasteiger partial charge on any atom is 0.344 e. The summed E-state index contributed by atoms with van der Waals surface area (Å²) >= 11 is 0. The van der Waals surface area contributed by atoms with E-state index < -0.39 is 23.4 Å². The first-order valence-electron chi connectivity index (χ1n) is 9.90. The van der Waals surface area contributed by atoms with Gasteiger partial charge in [0.1, 0.15) is 12.1 Å². The van der Waals surface area contributed by atoms with E-state index >= 15 is 0 Å². The number of aryl methyl sites for hydroxylation is 1. The summed E-state index contributed by atoms with van der Waals surface area (Å²) in [7, 11) is 0. The lowest BCUT2D eigenvalue weighted by atomic mass is 9.93. The zero-order chi connectivity index (χ0) is 22.2. The number of nitrogens with zero attached hydrogens (tertiary/aromatic N) is 2. The van der Waals surface area contributed by atoms with Gasteiger partial charge in [-0.05, 0) is 31.4 Å². The number of hydrogen-bond donors (Lipinski definition) is 2. The summed E-state index contributed by atoms with van der Waals surface area (Å²) in [6.07, 6.45) is 0.968. The normalized spacial score (nSPS) is 20.2. The number of carbonyl (C=O) groups is 4. The topological polar surface area (TPSA) is 98.8 Å². The SMILES string of the molecule is C=C1c2ccccc2C(=O)N1CC(=O)NN1C(=O)NC(C)(CCc2ccccc2)C1=O. The predicted octanol–water partition coefficient (Wildman–Crippen LogP) is 2.09. The third-order valence-corrected chi connectivity index (χ3v) is 5.60. The van der Waals surface area contributed by atoms with Crippen LogP contribution in [-0.4, -0.2) is 45.7 Å². The molecule has 0 spiro atoms. The average molecular weight is 418 g/mol. The molecule has 1 atom stereocenters. The molecule has 0 radical (unpaired) electrons. The monoisotopic (exact) mass is 418 g/mol. The Balaban J connectivity index is 1.39. The van der Waals surface area contributed by atoms with Crippen molar-refractivity contribution in [3.05, 3.63) is 77.9 Å². The zero-order valence-corrected chi connectivity index (χ0v) is 17.1. The molecule has 2 aliphatic heterocycles. The number of amides is 5. The Kier molecular flexibility index (Phi) is 5.06. The number of fused-ring (bicyclic) bond motifs is 1. The Labute approximate surface area is 179 Å². The molecule has 2 heterocycles. The summed E-state index contributed by atoms with van der Waals surface area (Å²) in [4.78, 5) is 51.6. The van der Waals surface area contributed by atoms with Gasteiger partial charge in [-0.1, -0.05) is 55.1 Å². The first-order chi connectivity index (χ1) is 14.8. The second-order valence-corrected chi connectivity index (χ2v) is 7.81. The molecule has 0 aliphatic carbocycles. The molecule has 2 N–H and O–H groups in total. The lowest BCUT2D eigenvalue weighted by Crippen LogP contribution is -2.51. The van der Waals surface area contributed by atoms with Crippen LogP contribution in [-0.2, 0) is 16.0 Å². The van der Waals surface area contributed by atoms with Gasteiger partial charge < -0.3 is 5.32 Å². The number of hydrogen-bond acceptors (Lipinski definition) is 4. The lowest BCUT2D eigenvalue weighted by Gasteiger charge is -2.22. The van der Waals surface area contributed by atoms with Crippen molar-refractivity contribution in [2.75, 3.05) is 6.54 Å². The van der Waals surface area contributed by atoms with Crippen molar-refractivity contribution in [1.29, 1.82) is 0 Å². The Morgan fingerprint density at radius 2 is 1.68 bits per heavy atom. The van der Waals surface area contributed by atoms with Crippen molar-refractivity contribution in [3.63, 3.8) is 0 Å². The summed E-state index contributed by atoms with van der Waals surface area (Å²) in [6, 6.07) is 15.8. The average Bonchev–Trinajstić information content (AvgIpc) is 3.13. The van der Waals surface area contributed by atoms with Crippen molar-refractivity contribution >= 4 is 29.4 Å². The fraction of sp³-hybridized carbons (Fsp3) is 0.217. The maximum absolute atomic E-state index is 12.9. The molecule has 0 bridgehead atoms. The Hall–Kier alpha value is -3.94. The summed E-state index contributed by atoms with van der Waals surface area (Å²) in [5.74, 6) is -1.56. The van der Waals surface area contributed by atoms with Crippen LogP contribution in [0.5, 0.6) is 0 Å². The van der Waals surface area contributed by atoms with Gasteiger partial charge in [-0.3, -0.25) is 24.7 Å². The molecule has 158 valence electrons. The van der Waals surface area contributed by atoms with Gasteiger partial charge in [0.25, 0.3) is 17.7 Å². The van der Waals surface area contributed by atoms with Crippen LogP contribution in [0.15, 0.2) is 61.2 Å². The van der Waals surface area contributed by atoms with Gasteiger partial charge in [0, 0.05) is 16.8 Å². The van der Waals surface area contributed by atoms with Gasteiger partial charge in [0.15, 0.2) is 0 Å². The number of imide groups is 1. The quantitative estimate of drug-likeness (QED) is 0.702. The molecule has 0 saturated carbocycles. The molecule has 1 saturated heterocycles. The van der Waals surface area contributed by atoms with E-state index in [2.05, 4.69) is 17.3 Å². The van der Waals surface area contributed by atoms with E-state index in [-0.39, 0.29) is 12.5 Å². The van der Waals surface area contributed by atoms with Crippen molar-refractivity contribution in [2.45, 2.75) is 25.3 Å². The third-order valence-electron chi connectivity index (χ3n) is 5.60. The standard InChI is InChI=1S/C23H22N4O4/c1-15-17-10-6-7-11-18(17)20(29)26(15)14-19(28)25-27-21(30)23(2,24-22(27)31)13-12-16-8-4-3-5-9-16/h3-11H,1,12-14H2,2H3,(H,24,31)(H,25,28). The van der Waals surface area contributed by atoms with Gasteiger partial charge in [-0.15, -0.1) is 0 Å². The summed E-state index contributed by atoms with van der Waals surface area (Å²) in [5.41, 5.74) is 3.75. The van der Waals surface area contributed by atoms with E-state index in [9.17, 15) is 19.2 Å². The molecule has 1 fully saturated rings. The molecular formula is C23H22N4O4. The molecule has 5 amide bonds. The molecule has 2 aromatic carbocycles. The Morgan fingerprint density at radius 1 is 1.03 bits per heavy atom. The van der Waals surface area contributed by atoms with E-state index in [0.717, 1.165) is 5.56 Å². The molecule has 2 aliphatic rings. The zero-order valence-electron chi connectivity index (χ0n) is 17.1. The maximum atomic E-state index is 12.9. The van der Waals surface area contributed by atoms with Crippen molar-refractivity contribution in [3.8, 4) is 0 Å². The number of hydrazine groups is 1. The van der Waals surface area contributed by atoms with Gasteiger partial charge in [-0.25, -0.2) is 4.79 Å². The van der Waals surface area contributed by atoms with Crippen LogP contribution >= 0.6 is 0 Å². The molecule has 4 rings (SSSR count). The van der Waals surface area contributed by atoms with Gasteiger partial charge in [0.05, 0.1) is 0 Å². The highest BCUT2D eigenvalue weighted by atomic mass is 16.2. The summed E-state index contributed by atoms with van der Waals surface area (Å²) < 4.78 is 0. The highest BCUT2D eigenvalue weighted by molar-refractivity contribution is 6.11. The van der Waals surface area contributed by atoms with E-state index in [0.29, 0.717) is 34.7 Å². The number of urea groups is 1. The van der Waals surface area contributed by atoms with Crippen molar-refractivity contribution in [1.82, 2.24) is 20.7 Å². The first-order valence-corrected chi connectivity index (χ1v) is 9.90. The predicted molar refractivity (Wildman–Crippen MR) is 113 cm³/mol. The molecule has 2 aromatic rings. The molecular weight excluding hydrogens is 396 g/mol. The number of carbonyl (C=O) groups excluding carboxylic acids is 4. The van der Waals surface area contributed by atoms with E-state index in [1.165, 1.54) is 4.90 Å². The van der Waals surface area contributed by atoms with E-state index in [1.54, 1.807) is 31.2 Å². The second kappa shape index (κ2) is 7.71. The highest BCUT2D eigenvalue weighted by Crippen LogP contribution is 2.30. The minimum absolute atomic E-state index is 0.347. The smallest absolute Gasteiger partial charge is 0.322 e. The van der Waals surface area contributed by atoms with E-state index in [1.807, 2.05) is 30.3 Å². The fourth-order valence-corrected chi connectivity index (χ4v) is 3.80. The minimum atomic E-state index is -1.14. The summed E-state index contributed by atoms with van der Waals surface area (Å²) in [6.45, 7) is 5.16. The largest absolute Gasteiger partial charge is 0.344 e. The Morgan fingerprint density at radius 3 is 2.35 bits per heavy atom. The third kappa shape index (κ3) is 3.68. The van der Waals surface area contributed by atoms with E-state index in [4.69, 9.17) is 0 Å². The lowest BCUT2D eigenvalue weighted by molar-refractivity contribution is -0.138. The van der Waals surface area contributed by atoms with Crippen LogP contribution in [0, 0.1) is 0 Å². The van der Waals surface area contributed by atoms with Crippen molar-refractivity contribution in [2.24, 2.45) is 0 Å². The van der Waals surface area contributed by atoms with Gasteiger partial charge >= 0.3 is 6.03 Å². The van der Waals surface area contributed by atoms with Crippen LogP contribution < -0.4 is 10.7 Å². The molecule has 8 heteroatoms. The van der Waals surface area contributed by atoms with Crippen molar-refractivity contribution < 1.29 is 19.2 Å². The highest BCUT2D eigenvalue weighted by Gasteiger charge is 2.48. The molecule has 8 nitrogen and oxygen atoms in total. The fourth-order valence-electron chi connectivity index (χ4n) is 3.80. The van der Waals surface area contributed by atoms with Gasteiger partial charge in [-0.2, -0.15) is 5.01 Å². The molecule has 1 unspecified atom stereocenters. The van der Waals surface area contributed by atoms with Gasteiger partial charge in [0.2, 0.25) is 0 Å². The first kappa shape index (κ1) is 20.3. The molecule has 31 heavy (non-hydrogen) atoms. The second-order valence-electron chi connectivity index (χ2n) is 7.81. The summed E-state index contributed by atoms with van der Waals surface area (Å²) in [5, 5.41) is 3.34. The van der Waals surface area contributed by atoms with Crippen LogP contribution in [0.4, 0.5) is 4.79 Å². The van der Waals surface area contributed by atoms with Crippen LogP contribution in [0.3, 0.4) is 0 Å². The number of rotatable bonds is 6.